The lowest BCUT2D eigenvalue weighted by Gasteiger charge is -2.04. The van der Waals surface area contributed by atoms with E-state index in [0.717, 1.165) is 3.57 Å². The summed E-state index contributed by atoms with van der Waals surface area (Å²) < 4.78 is 11.3. The molecule has 96 valence electrons. The Labute approximate surface area is 118 Å². The molecule has 1 aromatic carbocycles. The summed E-state index contributed by atoms with van der Waals surface area (Å²) in [5, 5.41) is 13.5. The summed E-state index contributed by atoms with van der Waals surface area (Å²) in [5.41, 5.74) is 0.690. The Bertz CT molecular complexity index is 542. The number of rotatable bonds is 4. The van der Waals surface area contributed by atoms with Gasteiger partial charge in [-0.1, -0.05) is 5.16 Å². The van der Waals surface area contributed by atoms with Crippen LogP contribution in [0, 0.1) is 3.57 Å². The molecule has 18 heavy (non-hydrogen) atoms. The van der Waals surface area contributed by atoms with Crippen molar-refractivity contribution in [2.75, 3.05) is 6.61 Å². The van der Waals surface area contributed by atoms with Crippen LogP contribution in [0.4, 0.5) is 0 Å². The van der Waals surface area contributed by atoms with Crippen LogP contribution in [0.2, 0.25) is 0 Å². The number of nitrogens with zero attached hydrogens (tertiary/aromatic N) is 2. The van der Waals surface area contributed by atoms with Gasteiger partial charge in [0, 0.05) is 12.2 Å². The van der Waals surface area contributed by atoms with Crippen LogP contribution in [-0.2, 0) is 4.74 Å². The highest BCUT2D eigenvalue weighted by Gasteiger charge is 2.15. The quantitative estimate of drug-likeness (QED) is 0.849. The summed E-state index contributed by atoms with van der Waals surface area (Å²) in [6, 6.07) is 5.22. The van der Waals surface area contributed by atoms with Gasteiger partial charge < -0.3 is 14.4 Å². The maximum Gasteiger partial charge on any atom is 0.258 e. The Kier molecular flexibility index (Phi) is 4.18. The van der Waals surface area contributed by atoms with Crippen LogP contribution < -0.4 is 0 Å². The van der Waals surface area contributed by atoms with Crippen LogP contribution in [0.1, 0.15) is 25.8 Å². The molecular formula is C12H13IN2O3. The van der Waals surface area contributed by atoms with E-state index in [0.29, 0.717) is 23.9 Å². The first-order valence-corrected chi connectivity index (χ1v) is 6.63. The van der Waals surface area contributed by atoms with Crippen LogP contribution >= 0.6 is 22.6 Å². The first kappa shape index (κ1) is 13.3. The van der Waals surface area contributed by atoms with Gasteiger partial charge in [-0.15, -0.1) is 0 Å². The van der Waals surface area contributed by atoms with Gasteiger partial charge in [-0.2, -0.15) is 4.98 Å². The van der Waals surface area contributed by atoms with E-state index < -0.39 is 0 Å². The number of hydrogen-bond donors (Lipinski definition) is 1. The molecule has 5 nitrogen and oxygen atoms in total. The summed E-state index contributed by atoms with van der Waals surface area (Å²) in [4.78, 5) is 4.25. The molecule has 0 spiro atoms. The largest absolute Gasteiger partial charge is 0.507 e. The van der Waals surface area contributed by atoms with Crippen molar-refractivity contribution in [2.45, 2.75) is 20.0 Å². The molecule has 1 unspecified atom stereocenters. The molecule has 1 atom stereocenters. The molecule has 1 aromatic heterocycles. The lowest BCUT2D eigenvalue weighted by Crippen LogP contribution is -2.01. The molecule has 0 saturated heterocycles. The molecule has 2 rings (SSSR count). The van der Waals surface area contributed by atoms with E-state index in [2.05, 4.69) is 32.7 Å². The number of aromatic nitrogens is 2. The molecule has 1 N–H and O–H groups in total. The fraction of sp³-hybridized carbons (Fsp3) is 0.333. The molecule has 0 amide bonds. The zero-order chi connectivity index (χ0) is 13.1. The van der Waals surface area contributed by atoms with Gasteiger partial charge in [0.1, 0.15) is 11.9 Å². The van der Waals surface area contributed by atoms with Crippen molar-refractivity contribution in [3.63, 3.8) is 0 Å². The van der Waals surface area contributed by atoms with Crippen LogP contribution in [0.15, 0.2) is 22.7 Å². The highest BCUT2D eigenvalue weighted by Crippen LogP contribution is 2.27. The number of phenols is 1. The van der Waals surface area contributed by atoms with Gasteiger partial charge in [-0.25, -0.2) is 0 Å². The molecule has 0 bridgehead atoms. The average molecular weight is 360 g/mol. The van der Waals surface area contributed by atoms with E-state index in [1.54, 1.807) is 12.1 Å². The fourth-order valence-electron chi connectivity index (χ4n) is 1.49. The average Bonchev–Trinajstić information content (AvgIpc) is 2.82. The molecule has 2 aromatic rings. The summed E-state index contributed by atoms with van der Waals surface area (Å²) in [7, 11) is 0. The Balaban J connectivity index is 2.26. The van der Waals surface area contributed by atoms with Crippen LogP contribution in [0.3, 0.4) is 0 Å². The van der Waals surface area contributed by atoms with Crippen LogP contribution in [-0.4, -0.2) is 21.9 Å². The molecule has 1 heterocycles. The third-order valence-electron chi connectivity index (χ3n) is 2.42. The molecule has 0 aliphatic carbocycles. The SMILES string of the molecule is CCOC(C)c1noc(-c2ccc(I)c(O)c2)n1. The molecule has 0 fully saturated rings. The Morgan fingerprint density at radius 1 is 1.50 bits per heavy atom. The number of phenolic OH excluding ortho intramolecular Hbond substituents is 1. The summed E-state index contributed by atoms with van der Waals surface area (Å²) in [5.74, 6) is 1.08. The van der Waals surface area contributed by atoms with Gasteiger partial charge in [0.25, 0.3) is 5.89 Å². The van der Waals surface area contributed by atoms with Crippen molar-refractivity contribution < 1.29 is 14.4 Å². The lowest BCUT2D eigenvalue weighted by molar-refractivity contribution is 0.0683. The molecule has 0 aliphatic heterocycles. The molecule has 0 radical (unpaired) electrons. The van der Waals surface area contributed by atoms with E-state index in [4.69, 9.17) is 9.26 Å². The van der Waals surface area contributed by atoms with E-state index in [1.165, 1.54) is 0 Å². The first-order valence-electron chi connectivity index (χ1n) is 5.56. The number of hydrogen-bond acceptors (Lipinski definition) is 5. The number of halogens is 1. The monoisotopic (exact) mass is 360 g/mol. The van der Waals surface area contributed by atoms with Gasteiger partial charge in [0.15, 0.2) is 0 Å². The molecule has 0 aliphatic rings. The Morgan fingerprint density at radius 2 is 2.28 bits per heavy atom. The van der Waals surface area contributed by atoms with Gasteiger partial charge in [-0.3, -0.25) is 0 Å². The van der Waals surface area contributed by atoms with Gasteiger partial charge >= 0.3 is 0 Å². The minimum Gasteiger partial charge on any atom is -0.507 e. The number of benzene rings is 1. The number of aromatic hydroxyl groups is 1. The second kappa shape index (κ2) is 5.66. The van der Waals surface area contributed by atoms with Crippen molar-refractivity contribution in [3.8, 4) is 17.2 Å². The standard InChI is InChI=1S/C12H13IN2O3/c1-3-17-7(2)11-14-12(18-15-11)8-4-5-9(13)10(16)6-8/h4-7,16H,3H2,1-2H3. The minimum atomic E-state index is -0.204. The Morgan fingerprint density at radius 3 is 2.94 bits per heavy atom. The normalized spacial score (nSPS) is 12.6. The summed E-state index contributed by atoms with van der Waals surface area (Å²) >= 11 is 2.05. The van der Waals surface area contributed by atoms with E-state index in [-0.39, 0.29) is 11.9 Å². The van der Waals surface area contributed by atoms with Crippen molar-refractivity contribution >= 4 is 22.6 Å². The summed E-state index contributed by atoms with van der Waals surface area (Å²) in [6.07, 6.45) is -0.204. The van der Waals surface area contributed by atoms with Crippen molar-refractivity contribution in [1.82, 2.24) is 10.1 Å². The second-order valence-electron chi connectivity index (χ2n) is 3.72. The maximum atomic E-state index is 9.64. The van der Waals surface area contributed by atoms with Gasteiger partial charge in [0.2, 0.25) is 5.82 Å². The van der Waals surface area contributed by atoms with Crippen LogP contribution in [0.25, 0.3) is 11.5 Å². The topological polar surface area (TPSA) is 68.4 Å². The van der Waals surface area contributed by atoms with E-state index in [1.807, 2.05) is 19.9 Å². The van der Waals surface area contributed by atoms with Crippen LogP contribution in [0.5, 0.6) is 5.75 Å². The number of ether oxygens (including phenoxy) is 1. The predicted octanol–water partition coefficient (Wildman–Crippen LogP) is 3.14. The van der Waals surface area contributed by atoms with Crippen molar-refractivity contribution in [3.05, 3.63) is 27.6 Å². The zero-order valence-corrected chi connectivity index (χ0v) is 12.2. The maximum absolute atomic E-state index is 9.64. The fourth-order valence-corrected chi connectivity index (χ4v) is 1.82. The van der Waals surface area contributed by atoms with Gasteiger partial charge in [-0.05, 0) is 54.6 Å². The smallest absolute Gasteiger partial charge is 0.258 e. The third kappa shape index (κ3) is 2.81. The van der Waals surface area contributed by atoms with Crippen molar-refractivity contribution in [1.29, 1.82) is 0 Å². The molecule has 6 heteroatoms. The molecular weight excluding hydrogens is 347 g/mol. The van der Waals surface area contributed by atoms with E-state index >= 15 is 0 Å². The highest BCUT2D eigenvalue weighted by molar-refractivity contribution is 14.1. The zero-order valence-electron chi connectivity index (χ0n) is 10.1. The Hall–Kier alpha value is -1.15. The summed E-state index contributed by atoms with van der Waals surface area (Å²) in [6.45, 7) is 4.37. The predicted molar refractivity (Wildman–Crippen MR) is 74.2 cm³/mol. The third-order valence-corrected chi connectivity index (χ3v) is 3.33. The highest BCUT2D eigenvalue weighted by atomic mass is 127. The minimum absolute atomic E-state index is 0.200. The van der Waals surface area contributed by atoms with Crippen molar-refractivity contribution in [2.24, 2.45) is 0 Å². The first-order chi connectivity index (χ1) is 8.61. The van der Waals surface area contributed by atoms with E-state index in [9.17, 15) is 5.11 Å². The second-order valence-corrected chi connectivity index (χ2v) is 4.88. The van der Waals surface area contributed by atoms with Gasteiger partial charge in [0.05, 0.1) is 3.57 Å². The lowest BCUT2D eigenvalue weighted by atomic mass is 10.2. The molecule has 0 saturated carbocycles.